The highest BCUT2D eigenvalue weighted by Crippen LogP contribution is 1.97. The molecular formula is C5H10O4S. The zero-order chi connectivity index (χ0) is 8.15. The Morgan fingerprint density at radius 3 is 2.10 bits per heavy atom. The average molecular weight is 166 g/mol. The van der Waals surface area contributed by atoms with Crippen molar-refractivity contribution in [1.29, 1.82) is 0 Å². The number of hydrogen-bond donors (Lipinski definition) is 4. The molecule has 0 saturated heterocycles. The molecule has 0 rings (SSSR count). The zero-order valence-corrected chi connectivity index (χ0v) is 6.03. The van der Waals surface area contributed by atoms with Crippen molar-refractivity contribution in [2.45, 2.75) is 18.3 Å². The third kappa shape index (κ3) is 2.68. The molecular weight excluding hydrogens is 156 g/mol. The Morgan fingerprint density at radius 2 is 1.80 bits per heavy atom. The van der Waals surface area contributed by atoms with E-state index in [0.717, 1.165) is 5.37 Å². The molecule has 0 radical (unpaired) electrons. The molecule has 5 heteroatoms. The van der Waals surface area contributed by atoms with E-state index in [4.69, 9.17) is 20.4 Å². The smallest absolute Gasteiger partial charge is 0.112 e. The first-order valence-electron chi connectivity index (χ1n) is 2.73. The fraction of sp³-hybridized carbons (Fsp3) is 0.800. The fourth-order valence-corrected chi connectivity index (χ4v) is 0.577. The summed E-state index contributed by atoms with van der Waals surface area (Å²) in [6.45, 7) is -0.596. The topological polar surface area (TPSA) is 80.9 Å². The SMILES string of the molecule is OC[C@@H](O)[C@H](O)[C@@H](O)C=S. The molecule has 0 aliphatic rings. The first kappa shape index (κ1) is 9.93. The highest BCUT2D eigenvalue weighted by Gasteiger charge is 2.21. The largest absolute Gasteiger partial charge is 0.394 e. The standard InChI is InChI=1S/C5H10O4S/c6-1-3(7)5(9)4(8)2-10/h2-9H,1H2/t3-,4+,5+/m1/s1. The minimum atomic E-state index is -1.40. The van der Waals surface area contributed by atoms with Crippen LogP contribution in [0.3, 0.4) is 0 Å². The normalized spacial score (nSPS) is 19.6. The summed E-state index contributed by atoms with van der Waals surface area (Å²) in [5, 5.41) is 35.5. The first-order valence-corrected chi connectivity index (χ1v) is 3.21. The molecule has 0 amide bonds. The van der Waals surface area contributed by atoms with Crippen LogP contribution < -0.4 is 0 Å². The third-order valence-corrected chi connectivity index (χ3v) is 1.35. The summed E-state index contributed by atoms with van der Waals surface area (Å²) in [6, 6.07) is 0. The number of aliphatic hydroxyl groups excluding tert-OH is 4. The quantitative estimate of drug-likeness (QED) is 0.365. The van der Waals surface area contributed by atoms with Gasteiger partial charge in [0.25, 0.3) is 0 Å². The van der Waals surface area contributed by atoms with Gasteiger partial charge in [0, 0.05) is 5.37 Å². The molecule has 0 heterocycles. The fourth-order valence-electron chi connectivity index (χ4n) is 0.416. The van der Waals surface area contributed by atoms with Gasteiger partial charge >= 0.3 is 0 Å². The van der Waals surface area contributed by atoms with Gasteiger partial charge in [0.05, 0.1) is 6.61 Å². The number of rotatable bonds is 4. The van der Waals surface area contributed by atoms with E-state index >= 15 is 0 Å². The lowest BCUT2D eigenvalue weighted by atomic mass is 10.1. The maximum atomic E-state index is 8.83. The van der Waals surface area contributed by atoms with Gasteiger partial charge in [-0.1, -0.05) is 12.2 Å². The minimum absolute atomic E-state index is 0.596. The van der Waals surface area contributed by atoms with Crippen LogP contribution in [0.25, 0.3) is 0 Å². The van der Waals surface area contributed by atoms with Crippen LogP contribution in [0.15, 0.2) is 0 Å². The second-order valence-electron chi connectivity index (χ2n) is 1.87. The van der Waals surface area contributed by atoms with Crippen molar-refractivity contribution in [3.63, 3.8) is 0 Å². The van der Waals surface area contributed by atoms with E-state index in [1.165, 1.54) is 0 Å². The van der Waals surface area contributed by atoms with Crippen molar-refractivity contribution in [3.8, 4) is 0 Å². The summed E-state index contributed by atoms with van der Waals surface area (Å²) in [5.41, 5.74) is 0. The Kier molecular flexibility index (Phi) is 4.67. The highest BCUT2D eigenvalue weighted by molar-refractivity contribution is 7.79. The van der Waals surface area contributed by atoms with Gasteiger partial charge < -0.3 is 20.4 Å². The predicted octanol–water partition coefficient (Wildman–Crippen LogP) is -1.94. The van der Waals surface area contributed by atoms with E-state index in [9.17, 15) is 0 Å². The van der Waals surface area contributed by atoms with E-state index in [2.05, 4.69) is 12.2 Å². The van der Waals surface area contributed by atoms with Crippen LogP contribution in [-0.2, 0) is 0 Å². The van der Waals surface area contributed by atoms with Gasteiger partial charge in [-0.15, -0.1) is 0 Å². The van der Waals surface area contributed by atoms with Gasteiger partial charge in [0.2, 0.25) is 0 Å². The van der Waals surface area contributed by atoms with E-state index in [-0.39, 0.29) is 0 Å². The summed E-state index contributed by atoms with van der Waals surface area (Å²) < 4.78 is 0. The first-order chi connectivity index (χ1) is 4.63. The molecule has 10 heavy (non-hydrogen) atoms. The van der Waals surface area contributed by atoms with E-state index in [1.54, 1.807) is 0 Å². The number of hydrogen-bond acceptors (Lipinski definition) is 5. The molecule has 0 spiro atoms. The van der Waals surface area contributed by atoms with Crippen molar-refractivity contribution in [2.75, 3.05) is 6.61 Å². The van der Waals surface area contributed by atoms with Gasteiger partial charge in [-0.05, 0) is 0 Å². The Labute approximate surface area is 63.7 Å². The van der Waals surface area contributed by atoms with Crippen LogP contribution in [0.5, 0.6) is 0 Å². The summed E-state index contributed by atoms with van der Waals surface area (Å²) in [7, 11) is 0. The molecule has 0 bridgehead atoms. The van der Waals surface area contributed by atoms with Crippen LogP contribution >= 0.6 is 12.2 Å². The summed E-state index contributed by atoms with van der Waals surface area (Å²) >= 11 is 4.29. The van der Waals surface area contributed by atoms with Crippen LogP contribution in [0.4, 0.5) is 0 Å². The molecule has 0 unspecified atom stereocenters. The Balaban J connectivity index is 3.80. The maximum Gasteiger partial charge on any atom is 0.112 e. The minimum Gasteiger partial charge on any atom is -0.394 e. The lowest BCUT2D eigenvalue weighted by Crippen LogP contribution is -2.39. The van der Waals surface area contributed by atoms with Gasteiger partial charge in [0.1, 0.15) is 18.3 Å². The van der Waals surface area contributed by atoms with Crippen LogP contribution in [0.2, 0.25) is 0 Å². The van der Waals surface area contributed by atoms with Gasteiger partial charge in [-0.25, -0.2) is 0 Å². The second-order valence-corrected chi connectivity index (χ2v) is 2.14. The van der Waals surface area contributed by atoms with Crippen LogP contribution in [0, 0.1) is 0 Å². The predicted molar refractivity (Wildman–Crippen MR) is 38.8 cm³/mol. The Morgan fingerprint density at radius 1 is 1.30 bits per heavy atom. The van der Waals surface area contributed by atoms with E-state index in [0.29, 0.717) is 0 Å². The Bertz CT molecular complexity index is 108. The third-order valence-electron chi connectivity index (χ3n) is 1.07. The van der Waals surface area contributed by atoms with Crippen molar-refractivity contribution < 1.29 is 20.4 Å². The molecule has 0 aromatic rings. The molecule has 60 valence electrons. The highest BCUT2D eigenvalue weighted by atomic mass is 32.1. The van der Waals surface area contributed by atoms with Gasteiger partial charge in [-0.2, -0.15) is 0 Å². The molecule has 0 aromatic heterocycles. The monoisotopic (exact) mass is 166 g/mol. The lowest BCUT2D eigenvalue weighted by Gasteiger charge is -2.17. The molecule has 4 nitrogen and oxygen atoms in total. The molecule has 0 aromatic carbocycles. The van der Waals surface area contributed by atoms with Gasteiger partial charge in [0.15, 0.2) is 0 Å². The molecule has 0 aliphatic heterocycles. The zero-order valence-electron chi connectivity index (χ0n) is 5.21. The second kappa shape index (κ2) is 4.70. The maximum absolute atomic E-state index is 8.83. The van der Waals surface area contributed by atoms with Crippen molar-refractivity contribution in [2.24, 2.45) is 0 Å². The number of thiocarbonyl (C=S) groups is 1. The molecule has 0 fully saturated rings. The number of aliphatic hydroxyl groups is 4. The molecule has 0 saturated carbocycles. The molecule has 3 atom stereocenters. The lowest BCUT2D eigenvalue weighted by molar-refractivity contribution is -0.0536. The Hall–Kier alpha value is -0.0700. The molecule has 4 N–H and O–H groups in total. The van der Waals surface area contributed by atoms with Crippen molar-refractivity contribution in [1.82, 2.24) is 0 Å². The summed E-state index contributed by atoms with van der Waals surface area (Å²) in [5.74, 6) is 0. The summed E-state index contributed by atoms with van der Waals surface area (Å²) in [6.07, 6.45) is -4.01. The average Bonchev–Trinajstić information content (AvgIpc) is 2.00. The van der Waals surface area contributed by atoms with Gasteiger partial charge in [-0.3, -0.25) is 0 Å². The van der Waals surface area contributed by atoms with Crippen molar-refractivity contribution in [3.05, 3.63) is 0 Å². The van der Waals surface area contributed by atoms with Crippen molar-refractivity contribution >= 4 is 17.6 Å². The van der Waals surface area contributed by atoms with E-state index in [1.807, 2.05) is 0 Å². The molecule has 0 aliphatic carbocycles. The summed E-state index contributed by atoms with van der Waals surface area (Å²) in [4.78, 5) is 0. The van der Waals surface area contributed by atoms with E-state index < -0.39 is 24.9 Å². The van der Waals surface area contributed by atoms with Crippen LogP contribution in [-0.4, -0.2) is 50.7 Å². The van der Waals surface area contributed by atoms with Crippen LogP contribution in [0.1, 0.15) is 0 Å².